The maximum absolute atomic E-state index is 14.1. The number of ether oxygens (including phenoxy) is 1. The summed E-state index contributed by atoms with van der Waals surface area (Å²) in [6.07, 6.45) is 4.11. The Balaban J connectivity index is 1.59. The fourth-order valence-corrected chi connectivity index (χ4v) is 5.29. The predicted molar refractivity (Wildman–Crippen MR) is 149 cm³/mol. The first-order valence-electron chi connectivity index (χ1n) is 13.4. The second kappa shape index (κ2) is 11.5. The van der Waals surface area contributed by atoms with Gasteiger partial charge in [-0.05, 0) is 69.0 Å². The third-order valence-electron chi connectivity index (χ3n) is 7.53. The van der Waals surface area contributed by atoms with E-state index in [1.807, 2.05) is 43.7 Å². The first-order chi connectivity index (χ1) is 19.7. The van der Waals surface area contributed by atoms with Crippen LogP contribution in [0, 0.1) is 25.2 Å². The number of hydrogen-bond acceptors (Lipinski definition) is 6. The van der Waals surface area contributed by atoms with Crippen molar-refractivity contribution in [1.29, 1.82) is 5.26 Å². The average molecular weight is 557 g/mol. The highest BCUT2D eigenvalue weighted by Crippen LogP contribution is 2.37. The van der Waals surface area contributed by atoms with Gasteiger partial charge in [-0.15, -0.1) is 0 Å². The van der Waals surface area contributed by atoms with Gasteiger partial charge in [0.1, 0.15) is 23.2 Å². The molecule has 0 aliphatic carbocycles. The van der Waals surface area contributed by atoms with Gasteiger partial charge in [-0.2, -0.15) is 5.26 Å². The van der Waals surface area contributed by atoms with Crippen molar-refractivity contribution in [2.24, 2.45) is 0 Å². The van der Waals surface area contributed by atoms with Crippen molar-refractivity contribution in [3.05, 3.63) is 94.1 Å². The molecular weight excluding hydrogens is 526 g/mol. The summed E-state index contributed by atoms with van der Waals surface area (Å²) >= 11 is 0. The summed E-state index contributed by atoms with van der Waals surface area (Å²) in [5.74, 6) is 1.07. The first-order valence-corrected chi connectivity index (χ1v) is 13.4. The zero-order valence-electron chi connectivity index (χ0n) is 23.4. The largest absolute Gasteiger partial charge is 0.492 e. The summed E-state index contributed by atoms with van der Waals surface area (Å²) in [6.45, 7) is 8.69. The summed E-state index contributed by atoms with van der Waals surface area (Å²) in [5, 5.41) is 9.41. The number of pyridine rings is 2. The van der Waals surface area contributed by atoms with Gasteiger partial charge < -0.3 is 14.2 Å². The van der Waals surface area contributed by atoms with E-state index in [9.17, 15) is 18.8 Å². The van der Waals surface area contributed by atoms with Gasteiger partial charge in [-0.3, -0.25) is 14.8 Å². The molecule has 0 bridgehead atoms. The molecule has 1 amide bonds. The van der Waals surface area contributed by atoms with Crippen LogP contribution in [0.25, 0.3) is 11.1 Å². The number of hydrogen-bond donors (Lipinski definition) is 0. The summed E-state index contributed by atoms with van der Waals surface area (Å²) in [4.78, 5) is 28.8. The van der Waals surface area contributed by atoms with Gasteiger partial charge >= 0.3 is 0 Å². The Hall–Kier alpha value is -4.65. The second-order valence-corrected chi connectivity index (χ2v) is 10.0. The van der Waals surface area contributed by atoms with Crippen molar-refractivity contribution < 1.29 is 18.3 Å². The van der Waals surface area contributed by atoms with Gasteiger partial charge in [0.05, 0.1) is 18.3 Å². The number of aryl methyl sites for hydroxylation is 2. The lowest BCUT2D eigenvalue weighted by atomic mass is 9.86. The van der Waals surface area contributed by atoms with Crippen LogP contribution in [-0.4, -0.2) is 43.5 Å². The third kappa shape index (κ3) is 5.40. The molecule has 0 fully saturated rings. The average Bonchev–Trinajstić information content (AvgIpc) is 3.37. The molecule has 1 aliphatic rings. The summed E-state index contributed by atoms with van der Waals surface area (Å²) < 4.78 is 34.9. The number of fused-ring (bicyclic) bond motifs is 1. The van der Waals surface area contributed by atoms with Gasteiger partial charge in [0.15, 0.2) is 0 Å². The Morgan fingerprint density at radius 3 is 2.54 bits per heavy atom. The second-order valence-electron chi connectivity index (χ2n) is 10.0. The molecule has 1 aliphatic heterocycles. The number of carbonyl (C=O) groups is 1. The zero-order chi connectivity index (χ0) is 29.3. The quantitative estimate of drug-likeness (QED) is 0.265. The first kappa shape index (κ1) is 27.9. The SMILES string of the molecule is CCOc1cc([C@H](C)N2CCc3c(cc(Cn4ccnc4C)cc3-c3cc(C(F)F)cnc3C)C2=O)ncc1C#N. The van der Waals surface area contributed by atoms with Crippen LogP contribution in [0.2, 0.25) is 0 Å². The number of aromatic nitrogens is 4. The van der Waals surface area contributed by atoms with Crippen LogP contribution < -0.4 is 4.74 Å². The van der Waals surface area contributed by atoms with Crippen molar-refractivity contribution in [3.8, 4) is 22.9 Å². The van der Waals surface area contributed by atoms with E-state index in [4.69, 9.17) is 4.74 Å². The molecular formula is C31H30F2N6O2. The number of alkyl halides is 2. The van der Waals surface area contributed by atoms with Crippen LogP contribution >= 0.6 is 0 Å². The van der Waals surface area contributed by atoms with E-state index < -0.39 is 12.5 Å². The van der Waals surface area contributed by atoms with Crippen LogP contribution in [0.3, 0.4) is 0 Å². The van der Waals surface area contributed by atoms with Crippen molar-refractivity contribution >= 4 is 5.91 Å². The lowest BCUT2D eigenvalue weighted by Gasteiger charge is -2.35. The highest BCUT2D eigenvalue weighted by atomic mass is 19.3. The summed E-state index contributed by atoms with van der Waals surface area (Å²) in [5.41, 5.74) is 4.89. The molecule has 4 heterocycles. The number of carbonyl (C=O) groups excluding carboxylic acids is 1. The number of benzene rings is 1. The van der Waals surface area contributed by atoms with Crippen LogP contribution in [0.1, 0.15) is 76.1 Å². The van der Waals surface area contributed by atoms with Crippen LogP contribution in [0.5, 0.6) is 5.75 Å². The van der Waals surface area contributed by atoms with E-state index in [2.05, 4.69) is 21.0 Å². The Bertz CT molecular complexity index is 1660. The fourth-order valence-electron chi connectivity index (χ4n) is 5.29. The predicted octanol–water partition coefficient (Wildman–Crippen LogP) is 5.97. The van der Waals surface area contributed by atoms with Gasteiger partial charge in [-0.1, -0.05) is 0 Å². The smallest absolute Gasteiger partial charge is 0.265 e. The van der Waals surface area contributed by atoms with Crippen molar-refractivity contribution in [3.63, 3.8) is 0 Å². The Morgan fingerprint density at radius 1 is 1.07 bits per heavy atom. The maximum atomic E-state index is 14.1. The molecule has 3 aromatic heterocycles. The summed E-state index contributed by atoms with van der Waals surface area (Å²) in [7, 11) is 0. The topological polar surface area (TPSA) is 96.9 Å². The van der Waals surface area contributed by atoms with Crippen molar-refractivity contribution in [1.82, 2.24) is 24.4 Å². The minimum absolute atomic E-state index is 0.162. The minimum Gasteiger partial charge on any atom is -0.492 e. The van der Waals surface area contributed by atoms with Gasteiger partial charge in [0.25, 0.3) is 12.3 Å². The molecule has 1 atom stereocenters. The number of nitrogens with zero attached hydrogens (tertiary/aromatic N) is 6. The van der Waals surface area contributed by atoms with E-state index >= 15 is 0 Å². The van der Waals surface area contributed by atoms with Gasteiger partial charge in [0.2, 0.25) is 0 Å². The number of nitriles is 1. The molecule has 1 aromatic carbocycles. The highest BCUT2D eigenvalue weighted by molar-refractivity contribution is 5.99. The third-order valence-corrected chi connectivity index (χ3v) is 7.53. The molecule has 0 spiro atoms. The van der Waals surface area contributed by atoms with Crippen LogP contribution in [0.4, 0.5) is 8.78 Å². The number of rotatable bonds is 8. The van der Waals surface area contributed by atoms with E-state index in [0.29, 0.717) is 59.9 Å². The van der Waals surface area contributed by atoms with Crippen LogP contribution in [0.15, 0.2) is 49.1 Å². The molecule has 0 N–H and O–H groups in total. The van der Waals surface area contributed by atoms with Gasteiger partial charge in [-0.25, -0.2) is 13.8 Å². The molecule has 8 nitrogen and oxygen atoms in total. The van der Waals surface area contributed by atoms with Crippen LogP contribution in [-0.2, 0) is 13.0 Å². The van der Waals surface area contributed by atoms with E-state index in [1.165, 1.54) is 18.5 Å². The number of amides is 1. The molecule has 0 unspecified atom stereocenters. The standard InChI is InChI=1S/C31H30F2N6O2/c1-5-41-29-13-28(37-16-23(29)14-34)19(3)39-8-6-24-26(25-12-22(30(32)33)15-36-18(25)2)10-21(11-27(24)31(39)40)17-38-9-7-35-20(38)4/h7,9-13,15-16,19,30H,5-6,8,17H2,1-4H3/t19-/m0/s1. The van der Waals surface area contributed by atoms with E-state index in [1.54, 1.807) is 24.1 Å². The lowest BCUT2D eigenvalue weighted by molar-refractivity contribution is 0.0669. The molecule has 4 aromatic rings. The van der Waals surface area contributed by atoms with E-state index in [0.717, 1.165) is 22.5 Å². The molecule has 5 rings (SSSR count). The van der Waals surface area contributed by atoms with E-state index in [-0.39, 0.29) is 11.5 Å². The molecule has 41 heavy (non-hydrogen) atoms. The number of imidazole rings is 1. The van der Waals surface area contributed by atoms with Crippen molar-refractivity contribution in [2.75, 3.05) is 13.2 Å². The molecule has 0 saturated heterocycles. The van der Waals surface area contributed by atoms with Gasteiger partial charge in [0, 0.05) is 66.3 Å². The molecule has 0 radical (unpaired) electrons. The fraction of sp³-hybridized carbons (Fsp3) is 0.323. The Morgan fingerprint density at radius 2 is 1.85 bits per heavy atom. The van der Waals surface area contributed by atoms with Crippen molar-refractivity contribution in [2.45, 2.75) is 53.1 Å². The number of halogens is 2. The molecule has 210 valence electrons. The minimum atomic E-state index is -2.66. The highest BCUT2D eigenvalue weighted by Gasteiger charge is 2.32. The molecule has 10 heteroatoms. The molecule has 0 saturated carbocycles. The summed E-state index contributed by atoms with van der Waals surface area (Å²) in [6, 6.07) is 8.74. The zero-order valence-corrected chi connectivity index (χ0v) is 23.4. The normalized spacial score (nSPS) is 13.7. The lowest BCUT2D eigenvalue weighted by Crippen LogP contribution is -2.40. The monoisotopic (exact) mass is 556 g/mol. The Kier molecular flexibility index (Phi) is 7.79. The Labute approximate surface area is 237 Å². The maximum Gasteiger partial charge on any atom is 0.265 e.